The highest BCUT2D eigenvalue weighted by Gasteiger charge is 2.18. The van der Waals surface area contributed by atoms with E-state index in [0.717, 1.165) is 12.5 Å². The Morgan fingerprint density at radius 3 is 2.67 bits per heavy atom. The second-order valence-corrected chi connectivity index (χ2v) is 6.48. The zero-order chi connectivity index (χ0) is 12.4. The van der Waals surface area contributed by atoms with Crippen LogP contribution in [0.25, 0.3) is 0 Å². The lowest BCUT2D eigenvalue weighted by Gasteiger charge is -2.31. The van der Waals surface area contributed by atoms with Crippen LogP contribution in [0.3, 0.4) is 0 Å². The van der Waals surface area contributed by atoms with E-state index in [1.54, 1.807) is 11.1 Å². The summed E-state index contributed by atoms with van der Waals surface area (Å²) in [6.07, 6.45) is 6.67. The first-order valence-corrected chi connectivity index (χ1v) is 8.36. The average molecular weight is 308 g/mol. The predicted octanol–water partition coefficient (Wildman–Crippen LogP) is 3.78. The fourth-order valence-corrected chi connectivity index (χ4v) is 3.93. The van der Waals surface area contributed by atoms with Gasteiger partial charge in [0, 0.05) is 11.9 Å². The Labute approximate surface area is 119 Å². The maximum atomic E-state index is 3.61. The first-order chi connectivity index (χ1) is 8.85. The fourth-order valence-electron chi connectivity index (χ4n) is 3.28. The minimum absolute atomic E-state index is 0.904. The highest BCUT2D eigenvalue weighted by molar-refractivity contribution is 9.09. The predicted molar refractivity (Wildman–Crippen MR) is 80.3 cm³/mol. The van der Waals surface area contributed by atoms with Crippen molar-refractivity contribution in [3.05, 3.63) is 34.9 Å². The van der Waals surface area contributed by atoms with E-state index in [2.05, 4.69) is 39.0 Å². The van der Waals surface area contributed by atoms with E-state index in [-0.39, 0.29) is 0 Å². The average Bonchev–Trinajstić information content (AvgIpc) is 2.87. The van der Waals surface area contributed by atoms with Crippen molar-refractivity contribution in [3.8, 4) is 0 Å². The number of alkyl halides is 1. The van der Waals surface area contributed by atoms with Gasteiger partial charge in [0.15, 0.2) is 0 Å². The lowest BCUT2D eigenvalue weighted by molar-refractivity contribution is 0.187. The number of piperidine rings is 1. The molecule has 1 heterocycles. The number of halogens is 1. The summed E-state index contributed by atoms with van der Waals surface area (Å²) in [5.41, 5.74) is 4.73. The normalized spacial score (nSPS) is 21.2. The first-order valence-electron chi connectivity index (χ1n) is 7.24. The van der Waals surface area contributed by atoms with E-state index >= 15 is 0 Å². The smallest absolute Gasteiger partial charge is 0.0233 e. The summed E-state index contributed by atoms with van der Waals surface area (Å²) in [7, 11) is 0. The third kappa shape index (κ3) is 2.80. The van der Waals surface area contributed by atoms with Crippen LogP contribution in [-0.2, 0) is 19.4 Å². The van der Waals surface area contributed by atoms with Crippen LogP contribution in [0.15, 0.2) is 18.2 Å². The molecule has 3 rings (SSSR count). The number of hydrogen-bond acceptors (Lipinski definition) is 1. The Hall–Kier alpha value is -0.340. The quantitative estimate of drug-likeness (QED) is 0.768. The van der Waals surface area contributed by atoms with Crippen LogP contribution in [0.4, 0.5) is 0 Å². The molecule has 2 heteroatoms. The molecule has 18 heavy (non-hydrogen) atoms. The summed E-state index contributed by atoms with van der Waals surface area (Å²) >= 11 is 3.61. The van der Waals surface area contributed by atoms with Crippen LogP contribution >= 0.6 is 15.9 Å². The van der Waals surface area contributed by atoms with Crippen molar-refractivity contribution >= 4 is 15.9 Å². The molecular formula is C16H22BrN. The summed E-state index contributed by atoms with van der Waals surface area (Å²) < 4.78 is 0. The van der Waals surface area contributed by atoms with Gasteiger partial charge in [0.25, 0.3) is 0 Å². The molecule has 1 nitrogen and oxygen atoms in total. The third-order valence-electron chi connectivity index (χ3n) is 4.49. The van der Waals surface area contributed by atoms with Crippen molar-refractivity contribution in [3.63, 3.8) is 0 Å². The highest BCUT2D eigenvalue weighted by Crippen LogP contribution is 2.25. The number of aryl methyl sites for hydroxylation is 2. The molecule has 1 aliphatic carbocycles. The van der Waals surface area contributed by atoms with Gasteiger partial charge in [-0.2, -0.15) is 0 Å². The van der Waals surface area contributed by atoms with E-state index in [1.807, 2.05) is 0 Å². The van der Waals surface area contributed by atoms with E-state index in [0.29, 0.717) is 0 Å². The van der Waals surface area contributed by atoms with Crippen LogP contribution < -0.4 is 0 Å². The van der Waals surface area contributed by atoms with Crippen molar-refractivity contribution in [1.29, 1.82) is 0 Å². The summed E-state index contributed by atoms with van der Waals surface area (Å²) in [4.78, 5) is 2.62. The Balaban J connectivity index is 1.60. The molecule has 2 aliphatic rings. The summed E-state index contributed by atoms with van der Waals surface area (Å²) in [6, 6.07) is 7.17. The fraction of sp³-hybridized carbons (Fsp3) is 0.625. The summed E-state index contributed by atoms with van der Waals surface area (Å²) in [5.74, 6) is 0.904. The van der Waals surface area contributed by atoms with E-state index < -0.39 is 0 Å². The summed E-state index contributed by atoms with van der Waals surface area (Å²) in [6.45, 7) is 3.70. The molecule has 0 N–H and O–H groups in total. The summed E-state index contributed by atoms with van der Waals surface area (Å²) in [5, 5.41) is 1.18. The molecule has 0 atom stereocenters. The van der Waals surface area contributed by atoms with Gasteiger partial charge in [0.2, 0.25) is 0 Å². The van der Waals surface area contributed by atoms with E-state index in [1.165, 1.54) is 56.1 Å². The van der Waals surface area contributed by atoms with Crippen molar-refractivity contribution in [1.82, 2.24) is 4.90 Å². The van der Waals surface area contributed by atoms with Gasteiger partial charge in [-0.25, -0.2) is 0 Å². The van der Waals surface area contributed by atoms with Crippen LogP contribution in [0.5, 0.6) is 0 Å². The molecule has 1 aromatic rings. The standard InChI is InChI=1S/C16H22BrN/c17-11-13-6-8-18(9-7-13)12-14-4-5-15-2-1-3-16(15)10-14/h4-5,10,13H,1-3,6-9,11-12H2. The Morgan fingerprint density at radius 2 is 1.89 bits per heavy atom. The van der Waals surface area contributed by atoms with Crippen molar-refractivity contribution in [2.24, 2.45) is 5.92 Å². The SMILES string of the molecule is BrCC1CCN(Cc2ccc3c(c2)CCC3)CC1. The van der Waals surface area contributed by atoms with Crippen molar-refractivity contribution in [2.75, 3.05) is 18.4 Å². The first kappa shape index (κ1) is 12.7. The van der Waals surface area contributed by atoms with Crippen LogP contribution in [0.1, 0.15) is 36.0 Å². The van der Waals surface area contributed by atoms with Gasteiger partial charge in [-0.3, -0.25) is 4.90 Å². The molecule has 98 valence electrons. The zero-order valence-corrected chi connectivity index (χ0v) is 12.6. The van der Waals surface area contributed by atoms with Gasteiger partial charge in [-0.15, -0.1) is 0 Å². The zero-order valence-electron chi connectivity index (χ0n) is 11.0. The number of likely N-dealkylation sites (tertiary alicyclic amines) is 1. The second kappa shape index (κ2) is 5.75. The lowest BCUT2D eigenvalue weighted by atomic mass is 9.98. The minimum atomic E-state index is 0.904. The highest BCUT2D eigenvalue weighted by atomic mass is 79.9. The van der Waals surface area contributed by atoms with Crippen LogP contribution in [0, 0.1) is 5.92 Å². The number of rotatable bonds is 3. The molecule has 1 fully saturated rings. The number of benzene rings is 1. The van der Waals surface area contributed by atoms with Gasteiger partial charge >= 0.3 is 0 Å². The van der Waals surface area contributed by atoms with Gasteiger partial charge in [0.05, 0.1) is 0 Å². The van der Waals surface area contributed by atoms with Crippen molar-refractivity contribution in [2.45, 2.75) is 38.6 Å². The van der Waals surface area contributed by atoms with Crippen LogP contribution in [0.2, 0.25) is 0 Å². The molecule has 0 unspecified atom stereocenters. The molecular weight excluding hydrogens is 286 g/mol. The Bertz CT molecular complexity index is 408. The molecule has 1 saturated heterocycles. The van der Waals surface area contributed by atoms with Gasteiger partial charge in [-0.05, 0) is 67.8 Å². The third-order valence-corrected chi connectivity index (χ3v) is 5.41. The maximum Gasteiger partial charge on any atom is 0.0233 e. The van der Waals surface area contributed by atoms with Gasteiger partial charge < -0.3 is 0 Å². The molecule has 0 radical (unpaired) electrons. The van der Waals surface area contributed by atoms with Crippen molar-refractivity contribution < 1.29 is 0 Å². The van der Waals surface area contributed by atoms with E-state index in [9.17, 15) is 0 Å². The van der Waals surface area contributed by atoms with E-state index in [4.69, 9.17) is 0 Å². The molecule has 0 aromatic heterocycles. The monoisotopic (exact) mass is 307 g/mol. The number of fused-ring (bicyclic) bond motifs is 1. The second-order valence-electron chi connectivity index (χ2n) is 5.83. The molecule has 0 bridgehead atoms. The van der Waals surface area contributed by atoms with Crippen LogP contribution in [-0.4, -0.2) is 23.3 Å². The molecule has 0 saturated carbocycles. The number of nitrogens with zero attached hydrogens (tertiary/aromatic N) is 1. The molecule has 0 amide bonds. The Kier molecular flexibility index (Phi) is 4.05. The number of hydrogen-bond donors (Lipinski definition) is 0. The Morgan fingerprint density at radius 1 is 1.11 bits per heavy atom. The topological polar surface area (TPSA) is 3.24 Å². The van der Waals surface area contributed by atoms with Gasteiger partial charge in [0.1, 0.15) is 0 Å². The molecule has 0 spiro atoms. The van der Waals surface area contributed by atoms with Gasteiger partial charge in [-0.1, -0.05) is 34.1 Å². The lowest BCUT2D eigenvalue weighted by Crippen LogP contribution is -2.33. The maximum absolute atomic E-state index is 3.61. The minimum Gasteiger partial charge on any atom is -0.299 e. The molecule has 1 aromatic carbocycles. The molecule has 1 aliphatic heterocycles. The largest absolute Gasteiger partial charge is 0.299 e.